The molecule has 1 aromatic carbocycles. The zero-order valence-corrected chi connectivity index (χ0v) is 16.0. The van der Waals surface area contributed by atoms with Crippen molar-refractivity contribution in [3.63, 3.8) is 0 Å². The van der Waals surface area contributed by atoms with Gasteiger partial charge in [0.2, 0.25) is 5.78 Å². The van der Waals surface area contributed by atoms with Gasteiger partial charge in [0, 0.05) is 48.8 Å². The van der Waals surface area contributed by atoms with Gasteiger partial charge < -0.3 is 14.0 Å². The Morgan fingerprint density at radius 2 is 2.00 bits per heavy atom. The molecular formula is C20H22N2O6. The number of methoxy groups -OCH3 is 1. The maximum Gasteiger partial charge on any atom is 0.331 e. The number of nitrogens with zero attached hydrogens (tertiary/aromatic N) is 2. The Morgan fingerprint density at radius 1 is 1.25 bits per heavy atom. The number of hydrogen-bond donors (Lipinski definition) is 0. The van der Waals surface area contributed by atoms with Gasteiger partial charge in [0.1, 0.15) is 0 Å². The van der Waals surface area contributed by atoms with Gasteiger partial charge in [-0.2, -0.15) is 0 Å². The van der Waals surface area contributed by atoms with Crippen LogP contribution in [0.5, 0.6) is 0 Å². The van der Waals surface area contributed by atoms with E-state index in [1.807, 2.05) is 18.4 Å². The van der Waals surface area contributed by atoms with E-state index in [2.05, 4.69) is 0 Å². The van der Waals surface area contributed by atoms with Crippen molar-refractivity contribution in [2.75, 3.05) is 20.3 Å². The molecule has 0 spiro atoms. The average molecular weight is 386 g/mol. The number of rotatable bonds is 9. The molecule has 8 nitrogen and oxygen atoms in total. The first-order chi connectivity index (χ1) is 13.3. The van der Waals surface area contributed by atoms with E-state index in [4.69, 9.17) is 9.47 Å². The van der Waals surface area contributed by atoms with E-state index in [0.717, 1.165) is 17.5 Å². The van der Waals surface area contributed by atoms with Gasteiger partial charge in [0.15, 0.2) is 6.61 Å². The van der Waals surface area contributed by atoms with E-state index in [9.17, 15) is 19.7 Å². The van der Waals surface area contributed by atoms with Crippen molar-refractivity contribution in [1.29, 1.82) is 0 Å². The molecule has 0 aliphatic carbocycles. The Morgan fingerprint density at radius 3 is 2.68 bits per heavy atom. The van der Waals surface area contributed by atoms with Crippen molar-refractivity contribution in [1.82, 2.24) is 4.57 Å². The molecule has 0 atom stereocenters. The van der Waals surface area contributed by atoms with E-state index in [1.165, 1.54) is 24.3 Å². The van der Waals surface area contributed by atoms with E-state index in [0.29, 0.717) is 24.3 Å². The van der Waals surface area contributed by atoms with Crippen LogP contribution in [-0.2, 0) is 20.8 Å². The maximum atomic E-state index is 12.4. The molecular weight excluding hydrogens is 364 g/mol. The SMILES string of the molecule is COCCn1c(C)cc(C(=O)COC(=O)/C=C/c2cccc([N+](=O)[O-])c2)c1C. The van der Waals surface area contributed by atoms with Crippen LogP contribution in [0.15, 0.2) is 36.4 Å². The number of ketones is 1. The van der Waals surface area contributed by atoms with Gasteiger partial charge in [0.05, 0.1) is 11.5 Å². The molecule has 1 heterocycles. The Bertz CT molecular complexity index is 913. The number of nitro benzene ring substituents is 1. The summed E-state index contributed by atoms with van der Waals surface area (Å²) in [7, 11) is 1.61. The summed E-state index contributed by atoms with van der Waals surface area (Å²) in [4.78, 5) is 34.5. The molecule has 0 amide bonds. The summed E-state index contributed by atoms with van der Waals surface area (Å²) in [5.74, 6) is -0.998. The predicted molar refractivity (Wildman–Crippen MR) is 103 cm³/mol. The Hall–Kier alpha value is -3.26. The number of Topliss-reactive ketones (excluding diaryl/α,β-unsaturated/α-hetero) is 1. The second-order valence-electron chi connectivity index (χ2n) is 6.15. The van der Waals surface area contributed by atoms with Gasteiger partial charge in [-0.3, -0.25) is 14.9 Å². The molecule has 0 radical (unpaired) electrons. The van der Waals surface area contributed by atoms with Gasteiger partial charge in [-0.15, -0.1) is 0 Å². The van der Waals surface area contributed by atoms with Crippen LogP contribution in [0.2, 0.25) is 0 Å². The summed E-state index contributed by atoms with van der Waals surface area (Å²) in [5.41, 5.74) is 2.63. The zero-order valence-electron chi connectivity index (χ0n) is 16.0. The van der Waals surface area contributed by atoms with Gasteiger partial charge in [-0.25, -0.2) is 4.79 Å². The van der Waals surface area contributed by atoms with Crippen molar-refractivity contribution in [3.8, 4) is 0 Å². The molecule has 0 saturated carbocycles. The topological polar surface area (TPSA) is 101 Å². The highest BCUT2D eigenvalue weighted by Crippen LogP contribution is 2.16. The van der Waals surface area contributed by atoms with Crippen molar-refractivity contribution < 1.29 is 24.0 Å². The van der Waals surface area contributed by atoms with Crippen LogP contribution in [0.1, 0.15) is 27.3 Å². The van der Waals surface area contributed by atoms with Crippen LogP contribution in [0.4, 0.5) is 5.69 Å². The number of esters is 1. The number of benzene rings is 1. The predicted octanol–water partition coefficient (Wildman–Crippen LogP) is 3.10. The molecule has 2 aromatic rings. The van der Waals surface area contributed by atoms with Crippen molar-refractivity contribution in [3.05, 3.63) is 69.0 Å². The second kappa shape index (κ2) is 9.61. The van der Waals surface area contributed by atoms with E-state index in [-0.39, 0.29) is 18.1 Å². The van der Waals surface area contributed by atoms with Gasteiger partial charge >= 0.3 is 5.97 Å². The smallest absolute Gasteiger partial charge is 0.331 e. The first-order valence-electron chi connectivity index (χ1n) is 8.61. The van der Waals surface area contributed by atoms with Crippen molar-refractivity contribution in [2.45, 2.75) is 20.4 Å². The molecule has 1 aromatic heterocycles. The van der Waals surface area contributed by atoms with Crippen LogP contribution < -0.4 is 0 Å². The van der Waals surface area contributed by atoms with Crippen molar-refractivity contribution >= 4 is 23.5 Å². The number of nitro groups is 1. The molecule has 8 heteroatoms. The molecule has 0 unspecified atom stereocenters. The number of carbonyl (C=O) groups is 2. The molecule has 0 N–H and O–H groups in total. The van der Waals surface area contributed by atoms with E-state index in [1.54, 1.807) is 19.2 Å². The lowest BCUT2D eigenvalue weighted by molar-refractivity contribution is -0.384. The summed E-state index contributed by atoms with van der Waals surface area (Å²) in [6.07, 6.45) is 2.53. The molecule has 0 saturated heterocycles. The Kier molecular flexibility index (Phi) is 7.22. The monoisotopic (exact) mass is 386 g/mol. The maximum absolute atomic E-state index is 12.4. The lowest BCUT2D eigenvalue weighted by atomic mass is 10.1. The number of hydrogen-bond acceptors (Lipinski definition) is 6. The van der Waals surface area contributed by atoms with Crippen LogP contribution in [0.3, 0.4) is 0 Å². The lowest BCUT2D eigenvalue weighted by Gasteiger charge is -2.08. The fourth-order valence-corrected chi connectivity index (χ4v) is 2.78. The van der Waals surface area contributed by atoms with Gasteiger partial charge in [-0.1, -0.05) is 12.1 Å². The minimum atomic E-state index is -0.701. The molecule has 28 heavy (non-hydrogen) atoms. The van der Waals surface area contributed by atoms with E-state index >= 15 is 0 Å². The third-order valence-electron chi connectivity index (χ3n) is 4.23. The number of non-ortho nitro benzene ring substituents is 1. The molecule has 0 fully saturated rings. The molecule has 0 aliphatic rings. The minimum Gasteiger partial charge on any atom is -0.454 e. The summed E-state index contributed by atoms with van der Waals surface area (Å²) in [6, 6.07) is 7.60. The molecule has 0 bridgehead atoms. The summed E-state index contributed by atoms with van der Waals surface area (Å²) in [5, 5.41) is 10.8. The average Bonchev–Trinajstić information content (AvgIpc) is 2.96. The molecule has 0 aliphatic heterocycles. The van der Waals surface area contributed by atoms with Crippen LogP contribution in [0, 0.1) is 24.0 Å². The minimum absolute atomic E-state index is 0.0745. The summed E-state index contributed by atoms with van der Waals surface area (Å²) >= 11 is 0. The highest BCUT2D eigenvalue weighted by Gasteiger charge is 2.16. The highest BCUT2D eigenvalue weighted by atomic mass is 16.6. The van der Waals surface area contributed by atoms with Crippen LogP contribution in [-0.4, -0.2) is 41.6 Å². The summed E-state index contributed by atoms with van der Waals surface area (Å²) in [6.45, 7) is 4.51. The zero-order chi connectivity index (χ0) is 20.7. The number of ether oxygens (including phenoxy) is 2. The fraction of sp³-hybridized carbons (Fsp3) is 0.300. The van der Waals surface area contributed by atoms with Gasteiger partial charge in [-0.05, 0) is 31.6 Å². The standard InChI is InChI=1S/C20H22N2O6/c1-14-11-18(15(2)21(14)9-10-27-3)19(23)13-28-20(24)8-7-16-5-4-6-17(12-16)22(25)26/h4-8,11-12H,9-10,13H2,1-3H3/b8-7+. The highest BCUT2D eigenvalue weighted by molar-refractivity contribution is 6.00. The van der Waals surface area contributed by atoms with E-state index < -0.39 is 10.9 Å². The molecule has 148 valence electrons. The third-order valence-corrected chi connectivity index (χ3v) is 4.23. The number of carbonyl (C=O) groups excluding carboxylic acids is 2. The number of aromatic nitrogens is 1. The fourth-order valence-electron chi connectivity index (χ4n) is 2.78. The first-order valence-corrected chi connectivity index (χ1v) is 8.61. The van der Waals surface area contributed by atoms with Crippen LogP contribution in [0.25, 0.3) is 6.08 Å². The largest absolute Gasteiger partial charge is 0.454 e. The second-order valence-corrected chi connectivity index (χ2v) is 6.15. The quantitative estimate of drug-likeness (QED) is 0.216. The van der Waals surface area contributed by atoms with Crippen LogP contribution >= 0.6 is 0 Å². The molecule has 2 rings (SSSR count). The Labute approximate surface area is 162 Å². The lowest BCUT2D eigenvalue weighted by Crippen LogP contribution is -2.14. The normalized spacial score (nSPS) is 11.0. The summed E-state index contributed by atoms with van der Waals surface area (Å²) < 4.78 is 12.0. The Balaban J connectivity index is 1.96. The first kappa shape index (κ1) is 21.0. The third kappa shape index (κ3) is 5.37. The van der Waals surface area contributed by atoms with Crippen molar-refractivity contribution in [2.24, 2.45) is 0 Å². The van der Waals surface area contributed by atoms with Gasteiger partial charge in [0.25, 0.3) is 5.69 Å². The number of aryl methyl sites for hydroxylation is 1.